The second-order valence-corrected chi connectivity index (χ2v) is 3.34. The van der Waals surface area contributed by atoms with Crippen molar-refractivity contribution in [3.05, 3.63) is 48.7 Å². The fourth-order valence-electron chi connectivity index (χ4n) is 1.37. The molecular formula is C12H13N3. The highest BCUT2D eigenvalue weighted by atomic mass is 15.1. The second-order valence-electron chi connectivity index (χ2n) is 3.34. The summed E-state index contributed by atoms with van der Waals surface area (Å²) in [6.07, 6.45) is 0. The molecule has 0 bridgehead atoms. The third-order valence-corrected chi connectivity index (χ3v) is 2.27. The summed E-state index contributed by atoms with van der Waals surface area (Å²) in [6.45, 7) is 4.27. The smallest absolute Gasteiger partial charge is 0.0893 e. The number of aromatic amines is 1. The summed E-state index contributed by atoms with van der Waals surface area (Å²) in [5, 5.41) is 7.13. The molecule has 0 aliphatic carbocycles. The first kappa shape index (κ1) is 9.68. The lowest BCUT2D eigenvalue weighted by molar-refractivity contribution is 1.07. The topological polar surface area (TPSA) is 54.7 Å². The van der Waals surface area contributed by atoms with Crippen LogP contribution in [0.5, 0.6) is 0 Å². The zero-order chi connectivity index (χ0) is 10.7. The van der Waals surface area contributed by atoms with Crippen molar-refractivity contribution in [1.29, 1.82) is 0 Å². The van der Waals surface area contributed by atoms with E-state index in [1.165, 1.54) is 0 Å². The normalized spacial score (nSPS) is 10.2. The van der Waals surface area contributed by atoms with Crippen molar-refractivity contribution in [2.24, 2.45) is 5.73 Å². The van der Waals surface area contributed by atoms with Gasteiger partial charge in [0.1, 0.15) is 0 Å². The van der Waals surface area contributed by atoms with E-state index in [0.717, 1.165) is 22.5 Å². The molecule has 3 nitrogen and oxygen atoms in total. The quantitative estimate of drug-likeness (QED) is 0.794. The minimum absolute atomic E-state index is 0.430. The van der Waals surface area contributed by atoms with Crippen LogP contribution in [0.4, 0.5) is 0 Å². The monoisotopic (exact) mass is 199 g/mol. The number of hydrogen-bond acceptors (Lipinski definition) is 2. The first-order valence-corrected chi connectivity index (χ1v) is 4.80. The summed E-state index contributed by atoms with van der Waals surface area (Å²) in [5.74, 6) is 0. The molecule has 1 heterocycles. The van der Waals surface area contributed by atoms with E-state index >= 15 is 0 Å². The van der Waals surface area contributed by atoms with E-state index in [-0.39, 0.29) is 0 Å². The number of nitrogens with one attached hydrogen (secondary N) is 1. The van der Waals surface area contributed by atoms with Crippen molar-refractivity contribution < 1.29 is 0 Å². The maximum Gasteiger partial charge on any atom is 0.0893 e. The van der Waals surface area contributed by atoms with Crippen molar-refractivity contribution in [2.75, 3.05) is 6.54 Å². The van der Waals surface area contributed by atoms with E-state index < -0.39 is 0 Å². The van der Waals surface area contributed by atoms with Gasteiger partial charge in [-0.15, -0.1) is 0 Å². The molecule has 3 heteroatoms. The third-order valence-electron chi connectivity index (χ3n) is 2.27. The van der Waals surface area contributed by atoms with Gasteiger partial charge in [-0.25, -0.2) is 0 Å². The lowest BCUT2D eigenvalue weighted by atomic mass is 10.1. The summed E-state index contributed by atoms with van der Waals surface area (Å²) >= 11 is 0. The van der Waals surface area contributed by atoms with Crippen LogP contribution in [0.25, 0.3) is 16.8 Å². The molecule has 0 saturated heterocycles. The second kappa shape index (κ2) is 4.11. The van der Waals surface area contributed by atoms with Crippen LogP contribution in [-0.4, -0.2) is 16.7 Å². The van der Waals surface area contributed by atoms with Gasteiger partial charge in [0.25, 0.3) is 0 Å². The average Bonchev–Trinajstić information content (AvgIpc) is 2.78. The number of H-pyrrole nitrogens is 1. The Hall–Kier alpha value is -1.87. The summed E-state index contributed by atoms with van der Waals surface area (Å²) in [5.41, 5.74) is 9.27. The Morgan fingerprint density at radius 2 is 2.07 bits per heavy atom. The van der Waals surface area contributed by atoms with E-state index in [9.17, 15) is 0 Å². The molecule has 0 aliphatic heterocycles. The molecule has 0 aliphatic rings. The zero-order valence-electron chi connectivity index (χ0n) is 8.40. The van der Waals surface area contributed by atoms with Crippen molar-refractivity contribution in [3.8, 4) is 11.3 Å². The largest absolute Gasteiger partial charge is 0.326 e. The maximum atomic E-state index is 5.50. The van der Waals surface area contributed by atoms with Crippen LogP contribution in [0, 0.1) is 0 Å². The molecule has 2 rings (SSSR count). The fourth-order valence-corrected chi connectivity index (χ4v) is 1.37. The van der Waals surface area contributed by atoms with Crippen LogP contribution in [0.15, 0.2) is 43.0 Å². The number of hydrogen-bond donors (Lipinski definition) is 2. The maximum absolute atomic E-state index is 5.50. The Bertz CT molecular complexity index is 457. The molecule has 3 N–H and O–H groups in total. The summed E-state index contributed by atoms with van der Waals surface area (Å²) in [7, 11) is 0. The predicted molar refractivity (Wildman–Crippen MR) is 62.1 cm³/mol. The molecule has 0 radical (unpaired) electrons. The number of benzene rings is 1. The van der Waals surface area contributed by atoms with Crippen molar-refractivity contribution in [2.45, 2.75) is 0 Å². The Balaban J connectivity index is 2.32. The Morgan fingerprint density at radius 1 is 1.33 bits per heavy atom. The average molecular weight is 199 g/mol. The highest BCUT2D eigenvalue weighted by Gasteiger charge is 2.04. The van der Waals surface area contributed by atoms with Crippen LogP contribution in [0.3, 0.4) is 0 Å². The molecule has 0 saturated carbocycles. The lowest BCUT2D eigenvalue weighted by Gasteiger charge is -1.95. The van der Waals surface area contributed by atoms with E-state index in [4.69, 9.17) is 5.73 Å². The molecule has 76 valence electrons. The minimum atomic E-state index is 0.430. The van der Waals surface area contributed by atoms with E-state index in [0.29, 0.717) is 6.54 Å². The van der Waals surface area contributed by atoms with E-state index in [1.54, 1.807) is 0 Å². The van der Waals surface area contributed by atoms with Gasteiger partial charge in [-0.1, -0.05) is 36.9 Å². The van der Waals surface area contributed by atoms with E-state index in [1.807, 2.05) is 36.4 Å². The zero-order valence-corrected chi connectivity index (χ0v) is 8.40. The van der Waals surface area contributed by atoms with Gasteiger partial charge >= 0.3 is 0 Å². The Morgan fingerprint density at radius 3 is 2.73 bits per heavy atom. The predicted octanol–water partition coefficient (Wildman–Crippen LogP) is 2.05. The number of aromatic nitrogens is 2. The third kappa shape index (κ3) is 1.97. The lowest BCUT2D eigenvalue weighted by Crippen LogP contribution is -2.00. The molecule has 2 aromatic rings. The van der Waals surface area contributed by atoms with Crippen molar-refractivity contribution >= 4 is 5.57 Å². The molecule has 0 unspecified atom stereocenters. The Labute approximate surface area is 88.6 Å². The highest BCUT2D eigenvalue weighted by molar-refractivity contribution is 5.67. The molecule has 0 amide bonds. The first-order chi connectivity index (χ1) is 7.31. The summed E-state index contributed by atoms with van der Waals surface area (Å²) in [4.78, 5) is 0. The van der Waals surface area contributed by atoms with Crippen LogP contribution >= 0.6 is 0 Å². The van der Waals surface area contributed by atoms with Crippen molar-refractivity contribution in [1.82, 2.24) is 10.2 Å². The summed E-state index contributed by atoms with van der Waals surface area (Å²) < 4.78 is 0. The van der Waals surface area contributed by atoms with Crippen LogP contribution in [0.2, 0.25) is 0 Å². The van der Waals surface area contributed by atoms with Gasteiger partial charge in [-0.3, -0.25) is 5.10 Å². The Kier molecular flexibility index (Phi) is 2.65. The van der Waals surface area contributed by atoms with Gasteiger partial charge in [0, 0.05) is 6.54 Å². The molecule has 1 aromatic carbocycles. The summed E-state index contributed by atoms with van der Waals surface area (Å²) in [6, 6.07) is 12.0. The minimum Gasteiger partial charge on any atom is -0.326 e. The first-order valence-electron chi connectivity index (χ1n) is 4.80. The fraction of sp³-hybridized carbons (Fsp3) is 0.0833. The SMILES string of the molecule is C=C(CN)c1cc(-c2ccccc2)[nH]n1. The number of nitrogens with zero attached hydrogens (tertiary/aromatic N) is 1. The van der Waals surface area contributed by atoms with Gasteiger partial charge in [0.15, 0.2) is 0 Å². The molecular weight excluding hydrogens is 186 g/mol. The number of nitrogens with two attached hydrogens (primary N) is 1. The van der Waals surface area contributed by atoms with Gasteiger partial charge in [0.2, 0.25) is 0 Å². The van der Waals surface area contributed by atoms with E-state index in [2.05, 4.69) is 16.8 Å². The molecule has 0 fully saturated rings. The highest BCUT2D eigenvalue weighted by Crippen LogP contribution is 2.19. The van der Waals surface area contributed by atoms with Gasteiger partial charge < -0.3 is 5.73 Å². The van der Waals surface area contributed by atoms with Crippen LogP contribution in [-0.2, 0) is 0 Å². The standard InChI is InChI=1S/C12H13N3/c1-9(8-13)11-7-12(15-14-11)10-5-3-2-4-6-10/h2-7H,1,8,13H2,(H,14,15). The molecule has 1 aromatic heterocycles. The molecule has 0 spiro atoms. The number of rotatable bonds is 3. The molecule has 15 heavy (non-hydrogen) atoms. The van der Waals surface area contributed by atoms with Crippen molar-refractivity contribution in [3.63, 3.8) is 0 Å². The van der Waals surface area contributed by atoms with Gasteiger partial charge in [-0.05, 0) is 17.2 Å². The van der Waals surface area contributed by atoms with Crippen LogP contribution < -0.4 is 5.73 Å². The molecule has 0 atom stereocenters. The van der Waals surface area contributed by atoms with Crippen LogP contribution in [0.1, 0.15) is 5.69 Å². The van der Waals surface area contributed by atoms with Gasteiger partial charge in [0.05, 0.1) is 11.4 Å². The van der Waals surface area contributed by atoms with Gasteiger partial charge in [-0.2, -0.15) is 5.10 Å².